The molecule has 1 aliphatic carbocycles. The lowest BCUT2D eigenvalue weighted by Crippen LogP contribution is -2.58. The maximum atomic E-state index is 11.5. The number of hydrogen-bond donors (Lipinski definition) is 0. The summed E-state index contributed by atoms with van der Waals surface area (Å²) in [5, 5.41) is 0. The van der Waals surface area contributed by atoms with Gasteiger partial charge in [0, 0.05) is 29.1 Å². The zero-order valence-electron chi connectivity index (χ0n) is 14.9. The molecule has 6 nitrogen and oxygen atoms in total. The van der Waals surface area contributed by atoms with E-state index in [1.807, 2.05) is 13.8 Å². The van der Waals surface area contributed by atoms with Crippen molar-refractivity contribution in [3.05, 3.63) is 38.0 Å². The highest BCUT2D eigenvalue weighted by Crippen LogP contribution is 2.58. The smallest absolute Gasteiger partial charge is 0.330 e. The molecule has 25 heavy (non-hydrogen) atoms. The highest BCUT2D eigenvalue weighted by molar-refractivity contribution is 5.82. The SMILES string of the molecule is C=CC(=O)OCC(C)(COC(=O)C=C)C1(COC(=O)C=C)CCC1C. The summed E-state index contributed by atoms with van der Waals surface area (Å²) in [6.07, 6.45) is 4.94. The molecular formula is C19H26O6. The largest absolute Gasteiger partial charge is 0.462 e. The highest BCUT2D eigenvalue weighted by Gasteiger charge is 2.58. The first-order chi connectivity index (χ1) is 11.7. The van der Waals surface area contributed by atoms with Gasteiger partial charge in [0.2, 0.25) is 0 Å². The molecule has 1 rings (SSSR count). The van der Waals surface area contributed by atoms with Gasteiger partial charge >= 0.3 is 17.9 Å². The van der Waals surface area contributed by atoms with Crippen LogP contribution in [0, 0.1) is 16.7 Å². The number of esters is 3. The van der Waals surface area contributed by atoms with Crippen molar-refractivity contribution < 1.29 is 28.6 Å². The summed E-state index contributed by atoms with van der Waals surface area (Å²) < 4.78 is 15.8. The summed E-state index contributed by atoms with van der Waals surface area (Å²) in [4.78, 5) is 34.6. The first-order valence-electron chi connectivity index (χ1n) is 8.12. The maximum Gasteiger partial charge on any atom is 0.330 e. The van der Waals surface area contributed by atoms with Crippen LogP contribution in [0.25, 0.3) is 0 Å². The summed E-state index contributed by atoms with van der Waals surface area (Å²) in [5.74, 6) is -1.45. The van der Waals surface area contributed by atoms with E-state index in [0.717, 1.165) is 31.1 Å². The number of ether oxygens (including phenoxy) is 3. The van der Waals surface area contributed by atoms with Crippen molar-refractivity contribution >= 4 is 17.9 Å². The molecule has 0 bridgehead atoms. The number of carbonyl (C=O) groups excluding carboxylic acids is 3. The van der Waals surface area contributed by atoms with Crippen LogP contribution in [-0.4, -0.2) is 37.7 Å². The molecule has 0 radical (unpaired) electrons. The molecule has 0 heterocycles. The molecule has 0 aromatic heterocycles. The third-order valence-corrected chi connectivity index (χ3v) is 5.21. The van der Waals surface area contributed by atoms with Crippen LogP contribution in [0.5, 0.6) is 0 Å². The fourth-order valence-corrected chi connectivity index (χ4v) is 3.23. The van der Waals surface area contributed by atoms with Crippen LogP contribution in [-0.2, 0) is 28.6 Å². The summed E-state index contributed by atoms with van der Waals surface area (Å²) in [5.41, 5.74) is -1.21. The maximum absolute atomic E-state index is 11.5. The fourth-order valence-electron chi connectivity index (χ4n) is 3.23. The first kappa shape index (κ1) is 20.7. The van der Waals surface area contributed by atoms with Crippen LogP contribution >= 0.6 is 0 Å². The van der Waals surface area contributed by atoms with Gasteiger partial charge in [-0.15, -0.1) is 0 Å². The number of hydrogen-bond acceptors (Lipinski definition) is 6. The van der Waals surface area contributed by atoms with Gasteiger partial charge in [0.1, 0.15) is 13.2 Å². The van der Waals surface area contributed by atoms with E-state index in [4.69, 9.17) is 14.2 Å². The van der Waals surface area contributed by atoms with E-state index in [1.165, 1.54) is 0 Å². The Hall–Kier alpha value is -2.37. The van der Waals surface area contributed by atoms with Gasteiger partial charge < -0.3 is 14.2 Å². The Morgan fingerprint density at radius 1 is 1.00 bits per heavy atom. The van der Waals surface area contributed by atoms with Crippen LogP contribution in [0.1, 0.15) is 26.7 Å². The van der Waals surface area contributed by atoms with Gasteiger partial charge in [-0.2, -0.15) is 0 Å². The van der Waals surface area contributed by atoms with Gasteiger partial charge in [0.05, 0.1) is 6.61 Å². The second-order valence-corrected chi connectivity index (χ2v) is 6.59. The normalized spacial score (nSPS) is 22.1. The molecule has 0 aromatic carbocycles. The van der Waals surface area contributed by atoms with Crippen molar-refractivity contribution in [2.45, 2.75) is 26.7 Å². The molecule has 0 aliphatic heterocycles. The Labute approximate surface area is 148 Å². The molecule has 0 aromatic rings. The van der Waals surface area contributed by atoms with Gasteiger partial charge in [0.25, 0.3) is 0 Å². The molecule has 2 atom stereocenters. The minimum absolute atomic E-state index is 0.0122. The first-order valence-corrected chi connectivity index (χ1v) is 8.12. The van der Waals surface area contributed by atoms with Crippen molar-refractivity contribution in [2.75, 3.05) is 19.8 Å². The van der Waals surface area contributed by atoms with Gasteiger partial charge in [-0.25, -0.2) is 14.4 Å². The van der Waals surface area contributed by atoms with E-state index in [0.29, 0.717) is 0 Å². The zero-order chi connectivity index (χ0) is 19.1. The van der Waals surface area contributed by atoms with Crippen molar-refractivity contribution in [1.82, 2.24) is 0 Å². The second-order valence-electron chi connectivity index (χ2n) is 6.59. The Bertz CT molecular complexity index is 540. The number of carbonyl (C=O) groups is 3. The fraction of sp³-hybridized carbons (Fsp3) is 0.526. The highest BCUT2D eigenvalue weighted by atomic mass is 16.6. The molecule has 138 valence electrons. The van der Waals surface area contributed by atoms with Crippen LogP contribution < -0.4 is 0 Å². The van der Waals surface area contributed by atoms with E-state index >= 15 is 0 Å². The molecular weight excluding hydrogens is 324 g/mol. The van der Waals surface area contributed by atoms with E-state index < -0.39 is 28.7 Å². The predicted octanol–water partition coefficient (Wildman–Crippen LogP) is 2.60. The molecule has 0 amide bonds. The average molecular weight is 350 g/mol. The minimum atomic E-state index is -0.733. The van der Waals surface area contributed by atoms with E-state index in [1.54, 1.807) is 0 Å². The molecule has 2 unspecified atom stereocenters. The van der Waals surface area contributed by atoms with Gasteiger partial charge in [0.15, 0.2) is 0 Å². The van der Waals surface area contributed by atoms with E-state index in [2.05, 4.69) is 19.7 Å². The summed E-state index contributed by atoms with van der Waals surface area (Å²) in [6, 6.07) is 0. The lowest BCUT2D eigenvalue weighted by molar-refractivity contribution is -0.192. The number of rotatable bonds is 10. The van der Waals surface area contributed by atoms with E-state index in [-0.39, 0.29) is 25.7 Å². The third-order valence-electron chi connectivity index (χ3n) is 5.21. The third kappa shape index (κ3) is 4.59. The molecule has 0 spiro atoms. The van der Waals surface area contributed by atoms with Crippen molar-refractivity contribution in [1.29, 1.82) is 0 Å². The standard InChI is InChI=1S/C19H26O6/c1-6-15(20)23-11-18(5,12-24-16(21)7-2)19(10-9-14(19)4)13-25-17(22)8-3/h6-8,14H,1-3,9-13H2,4-5H3. The van der Waals surface area contributed by atoms with Crippen LogP contribution in [0.4, 0.5) is 0 Å². The Kier molecular flexibility index (Phi) is 7.15. The van der Waals surface area contributed by atoms with Gasteiger partial charge in [-0.1, -0.05) is 33.6 Å². The predicted molar refractivity (Wildman–Crippen MR) is 92.4 cm³/mol. The molecule has 1 aliphatic rings. The molecule has 0 saturated heterocycles. The molecule has 0 N–H and O–H groups in total. The topological polar surface area (TPSA) is 78.9 Å². The summed E-state index contributed by atoms with van der Waals surface area (Å²) >= 11 is 0. The monoisotopic (exact) mass is 350 g/mol. The molecule has 1 fully saturated rings. The lowest BCUT2D eigenvalue weighted by atomic mass is 9.49. The van der Waals surface area contributed by atoms with Crippen LogP contribution in [0.2, 0.25) is 0 Å². The average Bonchev–Trinajstić information content (AvgIpc) is 2.62. The quantitative estimate of drug-likeness (QED) is 0.342. The Balaban J connectivity index is 3.05. The minimum Gasteiger partial charge on any atom is -0.462 e. The van der Waals surface area contributed by atoms with E-state index in [9.17, 15) is 14.4 Å². The van der Waals surface area contributed by atoms with Crippen molar-refractivity contribution in [2.24, 2.45) is 16.7 Å². The summed E-state index contributed by atoms with van der Waals surface area (Å²) in [6.45, 7) is 14.2. The second kappa shape index (κ2) is 8.65. The zero-order valence-corrected chi connectivity index (χ0v) is 14.9. The Morgan fingerprint density at radius 2 is 1.44 bits per heavy atom. The van der Waals surface area contributed by atoms with Crippen molar-refractivity contribution in [3.8, 4) is 0 Å². The summed E-state index contributed by atoms with van der Waals surface area (Å²) in [7, 11) is 0. The van der Waals surface area contributed by atoms with Gasteiger partial charge in [-0.05, 0) is 18.8 Å². The van der Waals surface area contributed by atoms with Gasteiger partial charge in [-0.3, -0.25) is 0 Å². The van der Waals surface area contributed by atoms with Crippen LogP contribution in [0.3, 0.4) is 0 Å². The lowest BCUT2D eigenvalue weighted by Gasteiger charge is -2.57. The van der Waals surface area contributed by atoms with Crippen LogP contribution in [0.15, 0.2) is 38.0 Å². The Morgan fingerprint density at radius 3 is 1.76 bits per heavy atom. The molecule has 1 saturated carbocycles. The molecule has 6 heteroatoms. The van der Waals surface area contributed by atoms with Crippen molar-refractivity contribution in [3.63, 3.8) is 0 Å².